The number of amides is 1. The van der Waals surface area contributed by atoms with Crippen LogP contribution < -0.4 is 5.73 Å². The van der Waals surface area contributed by atoms with Gasteiger partial charge in [0.1, 0.15) is 0 Å². The molecule has 0 spiro atoms. The second-order valence-corrected chi connectivity index (χ2v) is 10.2. The molecule has 0 saturated carbocycles. The second-order valence-electron chi connectivity index (χ2n) is 8.20. The van der Waals surface area contributed by atoms with E-state index in [0.717, 1.165) is 38.5 Å². The van der Waals surface area contributed by atoms with Gasteiger partial charge in [0.05, 0.1) is 11.0 Å². The average Bonchev–Trinajstić information content (AvgIpc) is 3.12. The number of nitrogens with two attached hydrogens (primary N) is 1. The van der Waals surface area contributed by atoms with Crippen molar-refractivity contribution in [1.82, 2.24) is 4.57 Å². The van der Waals surface area contributed by atoms with Crippen LogP contribution in [0.2, 0.25) is 10.0 Å². The highest BCUT2D eigenvalue weighted by molar-refractivity contribution is 8.00. The molecule has 3 nitrogen and oxygen atoms in total. The molecule has 9 heteroatoms. The molecule has 1 amide bonds. The number of aromatic nitrogens is 1. The summed E-state index contributed by atoms with van der Waals surface area (Å²) in [7, 11) is 0. The van der Waals surface area contributed by atoms with E-state index in [0.29, 0.717) is 22.2 Å². The Balaban J connectivity index is 1.68. The number of primary amides is 1. The summed E-state index contributed by atoms with van der Waals surface area (Å²) < 4.78 is 40.2. The van der Waals surface area contributed by atoms with Gasteiger partial charge in [0.15, 0.2) is 0 Å². The number of nitrogens with zero attached hydrogens (tertiary/aromatic N) is 1. The van der Waals surface area contributed by atoms with E-state index in [-0.39, 0.29) is 16.7 Å². The monoisotopic (exact) mass is 544 g/mol. The molecule has 0 aliphatic heterocycles. The molecule has 1 aromatic heterocycles. The molecule has 0 radical (unpaired) electrons. The minimum Gasteiger partial charge on any atom is -0.366 e. The zero-order valence-electron chi connectivity index (χ0n) is 18.4. The quantitative estimate of drug-likeness (QED) is 0.225. The summed E-state index contributed by atoms with van der Waals surface area (Å²) in [6, 6.07) is 22.7. The summed E-state index contributed by atoms with van der Waals surface area (Å²) in [6.45, 7) is 0.372. The van der Waals surface area contributed by atoms with Gasteiger partial charge in [-0.05, 0) is 65.4 Å². The van der Waals surface area contributed by atoms with Crippen LogP contribution in [0.3, 0.4) is 0 Å². The topological polar surface area (TPSA) is 48.0 Å². The fraction of sp³-hybridized carbons (Fsp3) is 0.0741. The summed E-state index contributed by atoms with van der Waals surface area (Å²) in [4.78, 5) is 12.3. The van der Waals surface area contributed by atoms with E-state index in [9.17, 15) is 18.0 Å². The number of rotatable bonds is 5. The normalized spacial score (nSPS) is 11.9. The molecule has 1 heterocycles. The van der Waals surface area contributed by atoms with Crippen molar-refractivity contribution in [3.8, 4) is 11.1 Å². The van der Waals surface area contributed by atoms with Crippen molar-refractivity contribution in [3.05, 3.63) is 100 Å². The molecule has 2 N–H and O–H groups in total. The zero-order chi connectivity index (χ0) is 25.6. The summed E-state index contributed by atoms with van der Waals surface area (Å²) in [5, 5.41) is 2.58. The first-order chi connectivity index (χ1) is 17.1. The lowest BCUT2D eigenvalue weighted by Crippen LogP contribution is -2.11. The molecule has 36 heavy (non-hydrogen) atoms. The number of carbonyl (C=O) groups is 1. The molecule has 0 bridgehead atoms. The molecule has 5 rings (SSSR count). The van der Waals surface area contributed by atoms with Crippen molar-refractivity contribution >= 4 is 62.7 Å². The first kappa shape index (κ1) is 24.6. The minimum absolute atomic E-state index is 0.115. The lowest BCUT2D eigenvalue weighted by Gasteiger charge is -2.11. The predicted octanol–water partition coefficient (Wildman–Crippen LogP) is 8.53. The van der Waals surface area contributed by atoms with Crippen molar-refractivity contribution in [2.45, 2.75) is 16.9 Å². The highest BCUT2D eigenvalue weighted by atomic mass is 35.5. The predicted molar refractivity (Wildman–Crippen MR) is 141 cm³/mol. The van der Waals surface area contributed by atoms with E-state index >= 15 is 0 Å². The summed E-state index contributed by atoms with van der Waals surface area (Å²) in [5.41, 5.74) is 5.80. The Morgan fingerprint density at radius 1 is 0.917 bits per heavy atom. The van der Waals surface area contributed by atoms with Gasteiger partial charge in [0.2, 0.25) is 5.91 Å². The van der Waals surface area contributed by atoms with Crippen molar-refractivity contribution in [2.75, 3.05) is 0 Å². The van der Waals surface area contributed by atoms with Crippen LogP contribution in [0.4, 0.5) is 13.2 Å². The summed E-state index contributed by atoms with van der Waals surface area (Å²) >= 11 is 12.4. The van der Waals surface area contributed by atoms with Crippen LogP contribution in [0, 0.1) is 0 Å². The fourth-order valence-electron chi connectivity index (χ4n) is 4.39. The third kappa shape index (κ3) is 4.78. The van der Waals surface area contributed by atoms with Crippen LogP contribution in [-0.2, 0) is 6.54 Å². The number of halogens is 5. The second kappa shape index (κ2) is 9.39. The van der Waals surface area contributed by atoms with E-state index in [1.165, 1.54) is 12.1 Å². The van der Waals surface area contributed by atoms with Gasteiger partial charge < -0.3 is 10.3 Å². The van der Waals surface area contributed by atoms with E-state index < -0.39 is 11.4 Å². The Morgan fingerprint density at radius 2 is 1.67 bits per heavy atom. The maximum absolute atomic E-state index is 12.7. The molecule has 0 fully saturated rings. The van der Waals surface area contributed by atoms with Gasteiger partial charge in [-0.25, -0.2) is 0 Å². The van der Waals surface area contributed by atoms with Crippen LogP contribution in [0.1, 0.15) is 15.9 Å². The van der Waals surface area contributed by atoms with Gasteiger partial charge in [-0.2, -0.15) is 13.2 Å². The van der Waals surface area contributed by atoms with Crippen LogP contribution in [-0.4, -0.2) is 16.0 Å². The molecule has 182 valence electrons. The van der Waals surface area contributed by atoms with Crippen LogP contribution in [0.25, 0.3) is 32.9 Å². The Hall–Kier alpha value is -3.13. The summed E-state index contributed by atoms with van der Waals surface area (Å²) in [6.07, 6.45) is 0. The van der Waals surface area contributed by atoms with Crippen LogP contribution in [0.5, 0.6) is 0 Å². The number of alkyl halides is 3. The Kier molecular flexibility index (Phi) is 6.41. The number of hydrogen-bond acceptors (Lipinski definition) is 2. The van der Waals surface area contributed by atoms with E-state index in [1.807, 2.05) is 34.9 Å². The van der Waals surface area contributed by atoms with Gasteiger partial charge in [-0.15, -0.1) is 0 Å². The number of carbonyl (C=O) groups excluding carboxylic acids is 1. The SMILES string of the molecule is NC(=O)c1cccc2c1c1ccc(-c3ccc(Cl)cc3Cl)cc1n2Cc1ccc(SC(F)(F)F)cc1. The Bertz CT molecular complexity index is 1630. The fourth-order valence-corrected chi connectivity index (χ4v) is 5.45. The largest absolute Gasteiger partial charge is 0.446 e. The Labute approximate surface area is 218 Å². The first-order valence-electron chi connectivity index (χ1n) is 10.8. The smallest absolute Gasteiger partial charge is 0.366 e. The van der Waals surface area contributed by atoms with E-state index in [2.05, 4.69) is 0 Å². The third-order valence-electron chi connectivity index (χ3n) is 5.90. The molecule has 5 aromatic rings. The minimum atomic E-state index is -4.35. The van der Waals surface area contributed by atoms with Gasteiger partial charge in [0.25, 0.3) is 0 Å². The van der Waals surface area contributed by atoms with Gasteiger partial charge >= 0.3 is 5.51 Å². The molecule has 4 aromatic carbocycles. The molecule has 0 unspecified atom stereocenters. The summed E-state index contributed by atoms with van der Waals surface area (Å²) in [5.74, 6) is -0.544. The van der Waals surface area contributed by atoms with Gasteiger partial charge in [-0.3, -0.25) is 4.79 Å². The average molecular weight is 545 g/mol. The molecule has 0 aliphatic carbocycles. The number of fused-ring (bicyclic) bond motifs is 3. The molecule has 0 atom stereocenters. The lowest BCUT2D eigenvalue weighted by atomic mass is 10.0. The zero-order valence-corrected chi connectivity index (χ0v) is 20.8. The molecular weight excluding hydrogens is 528 g/mol. The van der Waals surface area contributed by atoms with Crippen LogP contribution in [0.15, 0.2) is 83.8 Å². The standard InChI is InChI=1S/C27H17Cl2F3N2OS/c28-17-7-11-19(22(29)13-17)16-6-10-20-24(12-16)34(23-3-1-2-21(25(20)23)26(33)35)14-15-4-8-18(9-5-15)36-27(30,31)32/h1-13H,14H2,(H2,33,35). The van der Waals surface area contributed by atoms with Crippen molar-refractivity contribution in [1.29, 1.82) is 0 Å². The number of thioether (sulfide) groups is 1. The lowest BCUT2D eigenvalue weighted by molar-refractivity contribution is -0.0328. The van der Waals surface area contributed by atoms with E-state index in [4.69, 9.17) is 28.9 Å². The maximum atomic E-state index is 12.7. The maximum Gasteiger partial charge on any atom is 0.446 e. The van der Waals surface area contributed by atoms with Crippen molar-refractivity contribution in [2.24, 2.45) is 5.73 Å². The third-order valence-corrected chi connectivity index (χ3v) is 7.18. The number of benzene rings is 4. The Morgan fingerprint density at radius 3 is 2.33 bits per heavy atom. The van der Waals surface area contributed by atoms with Crippen molar-refractivity contribution in [3.63, 3.8) is 0 Å². The van der Waals surface area contributed by atoms with Crippen LogP contribution >= 0.6 is 35.0 Å². The highest BCUT2D eigenvalue weighted by Gasteiger charge is 2.29. The number of hydrogen-bond donors (Lipinski definition) is 1. The molecule has 0 saturated heterocycles. The van der Waals surface area contributed by atoms with Gasteiger partial charge in [-0.1, -0.05) is 59.6 Å². The van der Waals surface area contributed by atoms with Crippen molar-refractivity contribution < 1.29 is 18.0 Å². The van der Waals surface area contributed by atoms with Gasteiger partial charge in [0, 0.05) is 43.4 Å². The van der Waals surface area contributed by atoms with E-state index in [1.54, 1.807) is 36.4 Å². The highest BCUT2D eigenvalue weighted by Crippen LogP contribution is 2.39. The molecule has 0 aliphatic rings. The first-order valence-corrected chi connectivity index (χ1v) is 12.3. The molecular formula is C27H17Cl2F3N2OS.